The van der Waals surface area contributed by atoms with E-state index in [9.17, 15) is 13.2 Å². The predicted octanol–water partition coefficient (Wildman–Crippen LogP) is 2.34. The lowest BCUT2D eigenvalue weighted by Gasteiger charge is -2.12. The van der Waals surface area contributed by atoms with Crippen LogP contribution in [0.3, 0.4) is 0 Å². The number of nitrogens with zero attached hydrogens (tertiary/aromatic N) is 1. The summed E-state index contributed by atoms with van der Waals surface area (Å²) < 4.78 is 27.7. The van der Waals surface area contributed by atoms with Crippen LogP contribution in [0, 0.1) is 13.8 Å². The van der Waals surface area contributed by atoms with Crippen LogP contribution in [-0.2, 0) is 10.0 Å². The Morgan fingerprint density at radius 1 is 1.04 bits per heavy atom. The van der Waals surface area contributed by atoms with Crippen LogP contribution >= 0.6 is 0 Å². The second-order valence-electron chi connectivity index (χ2n) is 5.30. The zero-order chi connectivity index (χ0) is 16.6. The molecule has 7 heteroatoms. The quantitative estimate of drug-likeness (QED) is 0.771. The fourth-order valence-electron chi connectivity index (χ4n) is 2.28. The minimum atomic E-state index is -3.76. The number of sulfonamides is 1. The predicted molar refractivity (Wildman–Crippen MR) is 89.1 cm³/mol. The molecule has 1 aromatic heterocycles. The Morgan fingerprint density at radius 3 is 2.43 bits per heavy atom. The molecule has 0 saturated heterocycles. The molecule has 0 bridgehead atoms. The zero-order valence-electron chi connectivity index (χ0n) is 12.6. The molecule has 6 nitrogen and oxygen atoms in total. The lowest BCUT2D eigenvalue weighted by atomic mass is 10.1. The first-order valence-corrected chi connectivity index (χ1v) is 8.43. The summed E-state index contributed by atoms with van der Waals surface area (Å²) >= 11 is 0. The van der Waals surface area contributed by atoms with Gasteiger partial charge in [0.1, 0.15) is 5.52 Å². The fourth-order valence-corrected chi connectivity index (χ4v) is 3.42. The van der Waals surface area contributed by atoms with Gasteiger partial charge in [0, 0.05) is 0 Å². The summed E-state index contributed by atoms with van der Waals surface area (Å²) in [6.45, 7) is 3.64. The van der Waals surface area contributed by atoms with Gasteiger partial charge in [0.2, 0.25) is 0 Å². The number of aromatic nitrogens is 2. The SMILES string of the molecule is Cc1ccc(S(=O)(=O)Nc2c(C)ccc3c(=O)[nH]cnc23)cc1. The Hall–Kier alpha value is -2.67. The highest BCUT2D eigenvalue weighted by atomic mass is 32.2. The van der Waals surface area contributed by atoms with Crippen molar-refractivity contribution in [2.24, 2.45) is 0 Å². The zero-order valence-corrected chi connectivity index (χ0v) is 13.4. The van der Waals surface area contributed by atoms with E-state index in [1.165, 1.54) is 6.33 Å². The molecular weight excluding hydrogens is 314 g/mol. The number of hydrogen-bond acceptors (Lipinski definition) is 4. The van der Waals surface area contributed by atoms with Gasteiger partial charge in [-0.25, -0.2) is 13.4 Å². The van der Waals surface area contributed by atoms with Crippen molar-refractivity contribution in [3.63, 3.8) is 0 Å². The molecule has 0 aliphatic heterocycles. The van der Waals surface area contributed by atoms with Crippen LogP contribution in [-0.4, -0.2) is 18.4 Å². The van der Waals surface area contributed by atoms with Gasteiger partial charge < -0.3 is 4.98 Å². The summed E-state index contributed by atoms with van der Waals surface area (Å²) in [5, 5.41) is 0.333. The van der Waals surface area contributed by atoms with E-state index >= 15 is 0 Å². The molecule has 0 spiro atoms. The fraction of sp³-hybridized carbons (Fsp3) is 0.125. The smallest absolute Gasteiger partial charge is 0.261 e. The monoisotopic (exact) mass is 329 g/mol. The Labute approximate surface area is 133 Å². The van der Waals surface area contributed by atoms with Gasteiger partial charge >= 0.3 is 0 Å². The average Bonchev–Trinajstić information content (AvgIpc) is 2.51. The summed E-state index contributed by atoms with van der Waals surface area (Å²) in [5.74, 6) is 0. The van der Waals surface area contributed by atoms with Gasteiger partial charge in [-0.3, -0.25) is 9.52 Å². The molecule has 3 aromatic rings. The van der Waals surface area contributed by atoms with E-state index in [4.69, 9.17) is 0 Å². The minimum Gasteiger partial charge on any atom is -0.313 e. The maximum atomic E-state index is 12.6. The van der Waals surface area contributed by atoms with Gasteiger partial charge in [0.05, 0.1) is 22.3 Å². The van der Waals surface area contributed by atoms with E-state index in [1.54, 1.807) is 43.3 Å². The minimum absolute atomic E-state index is 0.157. The standard InChI is InChI=1S/C16H15N3O3S/c1-10-3-6-12(7-4-10)23(21,22)19-14-11(2)5-8-13-15(14)17-9-18-16(13)20/h3-9,19H,1-2H3,(H,17,18,20). The lowest BCUT2D eigenvalue weighted by molar-refractivity contribution is 0.601. The van der Waals surface area contributed by atoms with Gasteiger partial charge in [-0.15, -0.1) is 0 Å². The highest BCUT2D eigenvalue weighted by Gasteiger charge is 2.18. The number of hydrogen-bond donors (Lipinski definition) is 2. The first kappa shape index (κ1) is 15.2. The van der Waals surface area contributed by atoms with E-state index in [2.05, 4.69) is 14.7 Å². The van der Waals surface area contributed by atoms with E-state index in [0.29, 0.717) is 22.2 Å². The van der Waals surface area contributed by atoms with Crippen LogP contribution in [0.25, 0.3) is 10.9 Å². The number of H-pyrrole nitrogens is 1. The van der Waals surface area contributed by atoms with Crippen molar-refractivity contribution in [2.75, 3.05) is 4.72 Å². The van der Waals surface area contributed by atoms with Crippen molar-refractivity contribution >= 4 is 26.6 Å². The summed E-state index contributed by atoms with van der Waals surface area (Å²) in [5.41, 5.74) is 1.98. The molecule has 118 valence electrons. The third kappa shape index (κ3) is 2.83. The number of rotatable bonds is 3. The van der Waals surface area contributed by atoms with Crippen molar-refractivity contribution in [3.8, 4) is 0 Å². The molecule has 0 amide bonds. The van der Waals surface area contributed by atoms with Crippen molar-refractivity contribution in [1.29, 1.82) is 0 Å². The van der Waals surface area contributed by atoms with Crippen LogP contribution < -0.4 is 10.3 Å². The van der Waals surface area contributed by atoms with Gasteiger partial charge in [0.15, 0.2) is 0 Å². The molecule has 3 rings (SSSR count). The van der Waals surface area contributed by atoms with Crippen LogP contribution in [0.1, 0.15) is 11.1 Å². The molecular formula is C16H15N3O3S. The number of fused-ring (bicyclic) bond motifs is 1. The maximum absolute atomic E-state index is 12.6. The van der Waals surface area contributed by atoms with Crippen LogP contribution in [0.5, 0.6) is 0 Å². The van der Waals surface area contributed by atoms with Crippen molar-refractivity contribution < 1.29 is 8.42 Å². The first-order chi connectivity index (χ1) is 10.9. The molecule has 2 N–H and O–H groups in total. The van der Waals surface area contributed by atoms with Crippen molar-refractivity contribution in [1.82, 2.24) is 9.97 Å². The number of nitrogens with one attached hydrogen (secondary N) is 2. The molecule has 0 aliphatic carbocycles. The lowest BCUT2D eigenvalue weighted by Crippen LogP contribution is -2.16. The van der Waals surface area contributed by atoms with Crippen LogP contribution in [0.4, 0.5) is 5.69 Å². The van der Waals surface area contributed by atoms with E-state index in [0.717, 1.165) is 5.56 Å². The Bertz CT molecular complexity index is 1040. The highest BCUT2D eigenvalue weighted by molar-refractivity contribution is 7.92. The molecule has 0 atom stereocenters. The summed E-state index contributed by atoms with van der Waals surface area (Å²) in [7, 11) is -3.76. The molecule has 0 aliphatic rings. The summed E-state index contributed by atoms with van der Waals surface area (Å²) in [6, 6.07) is 9.85. The van der Waals surface area contributed by atoms with Crippen LogP contribution in [0.15, 0.2) is 52.4 Å². The number of benzene rings is 2. The first-order valence-electron chi connectivity index (χ1n) is 6.95. The number of aryl methyl sites for hydroxylation is 2. The van der Waals surface area contributed by atoms with Gasteiger partial charge in [-0.1, -0.05) is 23.8 Å². The third-order valence-corrected chi connectivity index (χ3v) is 4.95. The van der Waals surface area contributed by atoms with Crippen LogP contribution in [0.2, 0.25) is 0 Å². The maximum Gasteiger partial charge on any atom is 0.261 e. The topological polar surface area (TPSA) is 91.9 Å². The van der Waals surface area contributed by atoms with Gasteiger partial charge in [0.25, 0.3) is 15.6 Å². The molecule has 0 fully saturated rings. The third-order valence-electron chi connectivity index (χ3n) is 3.59. The molecule has 0 unspecified atom stereocenters. The Morgan fingerprint density at radius 2 is 1.74 bits per heavy atom. The molecule has 2 aromatic carbocycles. The van der Waals surface area contributed by atoms with Crippen molar-refractivity contribution in [2.45, 2.75) is 18.7 Å². The normalized spacial score (nSPS) is 11.6. The van der Waals surface area contributed by atoms with E-state index in [1.807, 2.05) is 6.92 Å². The van der Waals surface area contributed by atoms with E-state index < -0.39 is 10.0 Å². The van der Waals surface area contributed by atoms with E-state index in [-0.39, 0.29) is 10.5 Å². The van der Waals surface area contributed by atoms with Gasteiger partial charge in [-0.2, -0.15) is 0 Å². The second-order valence-corrected chi connectivity index (χ2v) is 6.99. The second kappa shape index (κ2) is 5.51. The Kier molecular flexibility index (Phi) is 3.65. The summed E-state index contributed by atoms with van der Waals surface area (Å²) in [6.07, 6.45) is 1.26. The van der Waals surface area contributed by atoms with Crippen molar-refractivity contribution in [3.05, 3.63) is 64.2 Å². The molecule has 0 saturated carbocycles. The average molecular weight is 329 g/mol. The largest absolute Gasteiger partial charge is 0.313 e. The number of aromatic amines is 1. The molecule has 1 heterocycles. The number of anilines is 1. The van der Waals surface area contributed by atoms with Gasteiger partial charge in [-0.05, 0) is 37.6 Å². The Balaban J connectivity index is 2.14. The molecule has 0 radical (unpaired) electrons. The molecule has 23 heavy (non-hydrogen) atoms. The summed E-state index contributed by atoms with van der Waals surface area (Å²) in [4.78, 5) is 18.6. The highest BCUT2D eigenvalue weighted by Crippen LogP contribution is 2.26.